The second-order valence-corrected chi connectivity index (χ2v) is 7.71. The van der Waals surface area contributed by atoms with Crippen molar-refractivity contribution in [1.29, 1.82) is 0 Å². The van der Waals surface area contributed by atoms with Crippen molar-refractivity contribution in [3.05, 3.63) is 57.4 Å². The standard InChI is InChI=1S/C20H19ClN6O/c1-10(24-18-16-11(2)25-26-19(16)23-9-22-18)15-8-12-4-3-5-14(21)17(12)20(28)27(15)13-6-7-13/h3-5,8-10,13H,6-7H2,1-2H3,(H2,22,23,24,25,26)/t10-/m0/s1. The summed E-state index contributed by atoms with van der Waals surface area (Å²) in [7, 11) is 0. The molecule has 0 aliphatic heterocycles. The molecule has 4 aromatic rings. The smallest absolute Gasteiger partial charge is 0.260 e. The van der Waals surface area contributed by atoms with Crippen LogP contribution in [0.2, 0.25) is 5.02 Å². The van der Waals surface area contributed by atoms with Gasteiger partial charge in [-0.2, -0.15) is 5.10 Å². The van der Waals surface area contributed by atoms with Gasteiger partial charge in [-0.15, -0.1) is 0 Å². The molecule has 1 fully saturated rings. The minimum atomic E-state index is -0.135. The number of pyridine rings is 1. The molecule has 0 bridgehead atoms. The fourth-order valence-corrected chi connectivity index (χ4v) is 4.05. The molecule has 5 rings (SSSR count). The lowest BCUT2D eigenvalue weighted by molar-refractivity contribution is 0.636. The zero-order valence-electron chi connectivity index (χ0n) is 15.5. The normalized spacial score (nSPS) is 15.2. The van der Waals surface area contributed by atoms with Crippen LogP contribution in [0.15, 0.2) is 35.4 Å². The van der Waals surface area contributed by atoms with Crippen molar-refractivity contribution < 1.29 is 0 Å². The Morgan fingerprint density at radius 3 is 2.89 bits per heavy atom. The maximum absolute atomic E-state index is 13.2. The van der Waals surface area contributed by atoms with E-state index in [4.69, 9.17) is 11.6 Å². The Morgan fingerprint density at radius 2 is 2.11 bits per heavy atom. The first kappa shape index (κ1) is 17.2. The lowest BCUT2D eigenvalue weighted by Crippen LogP contribution is -2.26. The minimum Gasteiger partial charge on any atom is -0.361 e. The second-order valence-electron chi connectivity index (χ2n) is 7.30. The van der Waals surface area contributed by atoms with Gasteiger partial charge in [0.1, 0.15) is 12.1 Å². The largest absolute Gasteiger partial charge is 0.361 e. The fraction of sp³-hybridized carbons (Fsp3) is 0.300. The van der Waals surface area contributed by atoms with Crippen LogP contribution in [0.25, 0.3) is 21.8 Å². The number of fused-ring (bicyclic) bond motifs is 2. The molecule has 3 aromatic heterocycles. The van der Waals surface area contributed by atoms with E-state index in [1.807, 2.05) is 30.5 Å². The molecule has 28 heavy (non-hydrogen) atoms. The zero-order valence-corrected chi connectivity index (χ0v) is 16.3. The van der Waals surface area contributed by atoms with Gasteiger partial charge in [0, 0.05) is 11.7 Å². The molecule has 0 amide bonds. The first-order valence-corrected chi connectivity index (χ1v) is 9.68. The SMILES string of the molecule is Cc1n[nH]c2ncnc(N[C@@H](C)c3cc4cccc(Cl)c4c(=O)n3C3CC3)c12. The van der Waals surface area contributed by atoms with Crippen LogP contribution in [-0.2, 0) is 0 Å². The molecule has 1 aliphatic rings. The number of hydrogen-bond donors (Lipinski definition) is 2. The molecule has 2 N–H and O–H groups in total. The zero-order chi connectivity index (χ0) is 19.4. The predicted octanol–water partition coefficient (Wildman–Crippen LogP) is 4.14. The van der Waals surface area contributed by atoms with Gasteiger partial charge in [0.25, 0.3) is 5.56 Å². The number of rotatable bonds is 4. The van der Waals surface area contributed by atoms with Crippen molar-refractivity contribution >= 4 is 39.2 Å². The number of benzene rings is 1. The molecule has 1 aromatic carbocycles. The number of hydrogen-bond acceptors (Lipinski definition) is 5. The van der Waals surface area contributed by atoms with Gasteiger partial charge in [0.15, 0.2) is 5.65 Å². The van der Waals surface area contributed by atoms with Gasteiger partial charge in [-0.1, -0.05) is 23.7 Å². The highest BCUT2D eigenvalue weighted by Crippen LogP contribution is 2.38. The Bertz CT molecular complexity index is 1270. The molecular formula is C20H19ClN6O. The van der Waals surface area contributed by atoms with Crippen LogP contribution in [-0.4, -0.2) is 24.7 Å². The summed E-state index contributed by atoms with van der Waals surface area (Å²) < 4.78 is 1.90. The average molecular weight is 395 g/mol. The van der Waals surface area contributed by atoms with Gasteiger partial charge in [0.2, 0.25) is 0 Å². The van der Waals surface area contributed by atoms with Crippen LogP contribution in [0.5, 0.6) is 0 Å². The van der Waals surface area contributed by atoms with Gasteiger partial charge in [-0.25, -0.2) is 9.97 Å². The average Bonchev–Trinajstić information content (AvgIpc) is 3.44. The van der Waals surface area contributed by atoms with Crippen molar-refractivity contribution in [3.8, 4) is 0 Å². The lowest BCUT2D eigenvalue weighted by atomic mass is 10.1. The summed E-state index contributed by atoms with van der Waals surface area (Å²) in [5.41, 5.74) is 2.42. The molecule has 7 nitrogen and oxygen atoms in total. The van der Waals surface area contributed by atoms with Gasteiger partial charge >= 0.3 is 0 Å². The fourth-order valence-electron chi connectivity index (χ4n) is 3.79. The predicted molar refractivity (Wildman–Crippen MR) is 110 cm³/mol. The third-order valence-electron chi connectivity index (χ3n) is 5.31. The Morgan fingerprint density at radius 1 is 1.29 bits per heavy atom. The highest BCUT2D eigenvalue weighted by atomic mass is 35.5. The molecule has 0 saturated heterocycles. The molecule has 142 valence electrons. The van der Waals surface area contributed by atoms with E-state index in [9.17, 15) is 4.79 Å². The third kappa shape index (κ3) is 2.65. The summed E-state index contributed by atoms with van der Waals surface area (Å²) in [5, 5.41) is 13.4. The van der Waals surface area contributed by atoms with E-state index in [1.54, 1.807) is 6.07 Å². The Labute approximate surface area is 165 Å². The van der Waals surface area contributed by atoms with E-state index in [0.29, 0.717) is 21.9 Å². The summed E-state index contributed by atoms with van der Waals surface area (Å²) in [6.07, 6.45) is 3.52. The Hall–Kier alpha value is -2.93. The van der Waals surface area contributed by atoms with Crippen molar-refractivity contribution in [3.63, 3.8) is 0 Å². The van der Waals surface area contributed by atoms with Crippen LogP contribution in [0, 0.1) is 6.92 Å². The third-order valence-corrected chi connectivity index (χ3v) is 5.62. The summed E-state index contributed by atoms with van der Waals surface area (Å²) in [5.74, 6) is 0.699. The Kier molecular flexibility index (Phi) is 3.87. The van der Waals surface area contributed by atoms with Gasteiger partial charge in [-0.3, -0.25) is 9.89 Å². The maximum atomic E-state index is 13.2. The molecule has 0 radical (unpaired) electrons. The number of nitrogens with zero attached hydrogens (tertiary/aromatic N) is 4. The van der Waals surface area contributed by atoms with Crippen molar-refractivity contribution in [2.75, 3.05) is 5.32 Å². The summed E-state index contributed by atoms with van der Waals surface area (Å²) in [6, 6.07) is 7.72. The summed E-state index contributed by atoms with van der Waals surface area (Å²) in [4.78, 5) is 21.9. The number of halogens is 1. The first-order chi connectivity index (χ1) is 13.5. The summed E-state index contributed by atoms with van der Waals surface area (Å²) in [6.45, 7) is 3.95. The van der Waals surface area contributed by atoms with Gasteiger partial charge in [-0.05, 0) is 44.2 Å². The number of aromatic amines is 1. The van der Waals surface area contributed by atoms with Crippen LogP contribution in [0.4, 0.5) is 5.82 Å². The van der Waals surface area contributed by atoms with Crippen molar-refractivity contribution in [2.24, 2.45) is 0 Å². The molecule has 0 unspecified atom stereocenters. The molecule has 0 spiro atoms. The maximum Gasteiger partial charge on any atom is 0.260 e. The van der Waals surface area contributed by atoms with E-state index in [1.165, 1.54) is 6.33 Å². The van der Waals surface area contributed by atoms with E-state index < -0.39 is 0 Å². The van der Waals surface area contributed by atoms with Crippen molar-refractivity contribution in [2.45, 2.75) is 38.8 Å². The molecule has 1 aliphatic carbocycles. The van der Waals surface area contributed by atoms with E-state index in [0.717, 1.165) is 35.0 Å². The number of anilines is 1. The highest BCUT2D eigenvalue weighted by molar-refractivity contribution is 6.35. The van der Waals surface area contributed by atoms with Crippen LogP contribution in [0.3, 0.4) is 0 Å². The van der Waals surface area contributed by atoms with Crippen LogP contribution in [0.1, 0.15) is 43.2 Å². The van der Waals surface area contributed by atoms with Gasteiger partial charge in [0.05, 0.1) is 27.5 Å². The molecule has 1 saturated carbocycles. The first-order valence-electron chi connectivity index (χ1n) is 9.30. The van der Waals surface area contributed by atoms with E-state index in [2.05, 4.69) is 31.5 Å². The van der Waals surface area contributed by atoms with E-state index >= 15 is 0 Å². The molecular weight excluding hydrogens is 376 g/mol. The minimum absolute atomic E-state index is 0.0263. The topological polar surface area (TPSA) is 88.5 Å². The number of aromatic nitrogens is 5. The number of aryl methyl sites for hydroxylation is 1. The number of nitrogens with one attached hydrogen (secondary N) is 2. The van der Waals surface area contributed by atoms with Gasteiger partial charge < -0.3 is 9.88 Å². The van der Waals surface area contributed by atoms with E-state index in [-0.39, 0.29) is 17.6 Å². The quantitative estimate of drug-likeness (QED) is 0.543. The molecule has 8 heteroatoms. The summed E-state index contributed by atoms with van der Waals surface area (Å²) >= 11 is 6.34. The Balaban J connectivity index is 1.65. The second kappa shape index (κ2) is 6.31. The van der Waals surface area contributed by atoms with Crippen LogP contribution >= 0.6 is 11.6 Å². The van der Waals surface area contributed by atoms with Crippen molar-refractivity contribution in [1.82, 2.24) is 24.7 Å². The molecule has 3 heterocycles. The van der Waals surface area contributed by atoms with Crippen LogP contribution < -0.4 is 10.9 Å². The lowest BCUT2D eigenvalue weighted by Gasteiger charge is -2.21. The molecule has 1 atom stereocenters. The monoisotopic (exact) mass is 394 g/mol. The number of H-pyrrole nitrogens is 1. The highest BCUT2D eigenvalue weighted by Gasteiger charge is 2.29.